The number of benzene rings is 1. The molecule has 170 valence electrons. The van der Waals surface area contributed by atoms with Crippen molar-refractivity contribution in [3.8, 4) is 6.07 Å². The van der Waals surface area contributed by atoms with E-state index in [1.807, 2.05) is 6.26 Å². The van der Waals surface area contributed by atoms with Gasteiger partial charge in [-0.15, -0.1) is 23.1 Å². The molecule has 1 amide bonds. The van der Waals surface area contributed by atoms with Crippen molar-refractivity contribution in [3.05, 3.63) is 57.1 Å². The van der Waals surface area contributed by atoms with Gasteiger partial charge in [0, 0.05) is 39.8 Å². The third kappa shape index (κ3) is 3.86. The maximum absolute atomic E-state index is 13.7. The Morgan fingerprint density at radius 1 is 1.12 bits per heavy atom. The quantitative estimate of drug-likeness (QED) is 0.482. The van der Waals surface area contributed by atoms with Gasteiger partial charge < -0.3 is 0 Å². The molecule has 4 nitrogen and oxygen atoms in total. The predicted octanol–water partition coefficient (Wildman–Crippen LogP) is 6.38. The molecule has 0 N–H and O–H groups in total. The van der Waals surface area contributed by atoms with Crippen LogP contribution >= 0.6 is 23.1 Å². The molecule has 1 atom stereocenters. The molecule has 1 unspecified atom stereocenters. The molecule has 1 aromatic carbocycles. The van der Waals surface area contributed by atoms with E-state index in [1.165, 1.54) is 4.88 Å². The first-order valence-corrected chi connectivity index (χ1v) is 13.6. The Balaban J connectivity index is 1.68. The van der Waals surface area contributed by atoms with Gasteiger partial charge in [-0.05, 0) is 67.0 Å². The molecule has 2 aliphatic carbocycles. The average Bonchev–Trinajstić information content (AvgIpc) is 3.15. The summed E-state index contributed by atoms with van der Waals surface area (Å²) in [6.45, 7) is 4.19. The Kier molecular flexibility index (Phi) is 5.74. The van der Waals surface area contributed by atoms with Gasteiger partial charge >= 0.3 is 0 Å². The molecule has 0 radical (unpaired) electrons. The first-order valence-electron chi connectivity index (χ1n) is 11.6. The van der Waals surface area contributed by atoms with Crippen molar-refractivity contribution in [2.75, 3.05) is 11.2 Å². The van der Waals surface area contributed by atoms with Crippen LogP contribution in [0.25, 0.3) is 0 Å². The van der Waals surface area contributed by atoms with Gasteiger partial charge in [0.1, 0.15) is 11.1 Å². The fraction of sp³-hybridized carbons (Fsp3) is 0.444. The molecule has 2 heterocycles. The number of aryl methyl sites for hydroxylation is 1. The van der Waals surface area contributed by atoms with Gasteiger partial charge in [0.05, 0.1) is 5.56 Å². The lowest BCUT2D eigenvalue weighted by molar-refractivity contribution is -0.120. The molecule has 0 saturated carbocycles. The van der Waals surface area contributed by atoms with Gasteiger partial charge in [-0.1, -0.05) is 26.0 Å². The topological polar surface area (TPSA) is 61.2 Å². The molecular weight excluding hydrogens is 448 g/mol. The van der Waals surface area contributed by atoms with Crippen LogP contribution in [0.4, 0.5) is 5.00 Å². The van der Waals surface area contributed by atoms with Crippen molar-refractivity contribution >= 4 is 39.8 Å². The summed E-state index contributed by atoms with van der Waals surface area (Å²) in [5.74, 6) is -0.0887. The van der Waals surface area contributed by atoms with Gasteiger partial charge in [-0.2, -0.15) is 5.26 Å². The SMILES string of the molecule is CSc1ccc(C2CC(=O)N(c3sc4c(c3C#N)CCCC4)C3=C2C(=O)CC(C)(C)C3)cc1. The van der Waals surface area contributed by atoms with Crippen LogP contribution in [0, 0.1) is 16.7 Å². The standard InChI is InChI=1S/C27H28N2O2S2/c1-27(2)13-21-25(22(30)14-27)19(16-8-10-17(32-3)11-9-16)12-24(31)29(21)26-20(15-28)18-6-4-5-7-23(18)33-26/h8-11,19H,4-7,12-14H2,1-3H3. The van der Waals surface area contributed by atoms with Crippen molar-refractivity contribution in [1.29, 1.82) is 5.26 Å². The number of thioether (sulfide) groups is 1. The van der Waals surface area contributed by atoms with Crippen LogP contribution in [0.2, 0.25) is 0 Å². The second-order valence-corrected chi connectivity index (χ2v) is 12.0. The van der Waals surface area contributed by atoms with Gasteiger partial charge in [0.15, 0.2) is 5.78 Å². The third-order valence-corrected chi connectivity index (χ3v) is 9.15. The number of ketones is 1. The Bertz CT molecular complexity index is 1210. The van der Waals surface area contributed by atoms with Crippen LogP contribution in [0.5, 0.6) is 0 Å². The molecule has 0 saturated heterocycles. The number of amides is 1. The first kappa shape index (κ1) is 22.4. The zero-order valence-electron chi connectivity index (χ0n) is 19.4. The molecule has 33 heavy (non-hydrogen) atoms. The summed E-state index contributed by atoms with van der Waals surface area (Å²) in [5.41, 5.74) is 4.17. The van der Waals surface area contributed by atoms with Crippen molar-refractivity contribution in [1.82, 2.24) is 0 Å². The smallest absolute Gasteiger partial charge is 0.232 e. The minimum absolute atomic E-state index is 0.00621. The van der Waals surface area contributed by atoms with Crippen molar-refractivity contribution < 1.29 is 9.59 Å². The summed E-state index contributed by atoms with van der Waals surface area (Å²) in [6.07, 6.45) is 7.52. The fourth-order valence-corrected chi connectivity index (χ4v) is 7.39. The molecule has 3 aliphatic rings. The van der Waals surface area contributed by atoms with E-state index in [0.29, 0.717) is 18.4 Å². The van der Waals surface area contributed by atoms with E-state index in [0.717, 1.165) is 58.0 Å². The normalized spacial score (nSPS) is 22.1. The predicted molar refractivity (Wildman–Crippen MR) is 134 cm³/mol. The monoisotopic (exact) mass is 476 g/mol. The molecule has 1 aliphatic heterocycles. The van der Waals surface area contributed by atoms with E-state index in [1.54, 1.807) is 28.0 Å². The summed E-state index contributed by atoms with van der Waals surface area (Å²) in [4.78, 5) is 31.4. The van der Waals surface area contributed by atoms with E-state index in [4.69, 9.17) is 0 Å². The Labute approximate surface area is 203 Å². The Morgan fingerprint density at radius 2 is 1.85 bits per heavy atom. The van der Waals surface area contributed by atoms with Crippen molar-refractivity contribution in [2.24, 2.45) is 5.41 Å². The van der Waals surface area contributed by atoms with Crippen molar-refractivity contribution in [2.45, 2.75) is 69.6 Å². The number of allylic oxidation sites excluding steroid dienone is 2. The highest BCUT2D eigenvalue weighted by Gasteiger charge is 2.45. The van der Waals surface area contributed by atoms with Gasteiger partial charge in [-0.25, -0.2) is 0 Å². The maximum Gasteiger partial charge on any atom is 0.232 e. The van der Waals surface area contributed by atoms with Gasteiger partial charge in [0.25, 0.3) is 0 Å². The second-order valence-electron chi connectivity index (χ2n) is 10.1. The van der Waals surface area contributed by atoms with Crippen LogP contribution in [0.3, 0.4) is 0 Å². The average molecular weight is 477 g/mol. The zero-order valence-corrected chi connectivity index (χ0v) is 21.0. The summed E-state index contributed by atoms with van der Waals surface area (Å²) in [6, 6.07) is 10.7. The zero-order chi connectivity index (χ0) is 23.3. The fourth-order valence-electron chi connectivity index (χ4n) is 5.60. The van der Waals surface area contributed by atoms with E-state index >= 15 is 0 Å². The summed E-state index contributed by atoms with van der Waals surface area (Å²) in [5, 5.41) is 10.8. The number of hydrogen-bond acceptors (Lipinski definition) is 5. The molecule has 1 aromatic heterocycles. The van der Waals surface area contributed by atoms with E-state index in [2.05, 4.69) is 44.2 Å². The molecule has 0 spiro atoms. The minimum atomic E-state index is -0.220. The highest BCUT2D eigenvalue weighted by molar-refractivity contribution is 7.98. The second kappa shape index (κ2) is 8.45. The first-order chi connectivity index (χ1) is 15.8. The van der Waals surface area contributed by atoms with E-state index < -0.39 is 0 Å². The number of rotatable bonds is 3. The number of nitriles is 1. The van der Waals surface area contributed by atoms with E-state index in [9.17, 15) is 14.9 Å². The van der Waals surface area contributed by atoms with Crippen LogP contribution in [-0.2, 0) is 22.4 Å². The lowest BCUT2D eigenvalue weighted by Gasteiger charge is -2.42. The number of carbonyl (C=O) groups is 2. The molecule has 2 aromatic rings. The minimum Gasteiger partial charge on any atom is -0.294 e. The molecule has 6 heteroatoms. The molecular formula is C27H28N2O2S2. The van der Waals surface area contributed by atoms with Gasteiger partial charge in [0.2, 0.25) is 5.91 Å². The van der Waals surface area contributed by atoms with Crippen molar-refractivity contribution in [3.63, 3.8) is 0 Å². The van der Waals surface area contributed by atoms with Crippen LogP contribution < -0.4 is 4.90 Å². The van der Waals surface area contributed by atoms with Crippen LogP contribution in [-0.4, -0.2) is 17.9 Å². The molecule has 5 rings (SSSR count). The number of fused-ring (bicyclic) bond motifs is 1. The number of nitrogens with zero attached hydrogens (tertiary/aromatic N) is 2. The summed E-state index contributed by atoms with van der Waals surface area (Å²) in [7, 11) is 0. The number of carbonyl (C=O) groups excluding carboxylic acids is 2. The number of thiophene rings is 1. The molecule has 0 fully saturated rings. The lowest BCUT2D eigenvalue weighted by atomic mass is 9.69. The van der Waals surface area contributed by atoms with Crippen LogP contribution in [0.1, 0.15) is 73.4 Å². The third-order valence-electron chi connectivity index (χ3n) is 7.13. The maximum atomic E-state index is 13.7. The summed E-state index contributed by atoms with van der Waals surface area (Å²) >= 11 is 3.27. The number of anilines is 1. The largest absolute Gasteiger partial charge is 0.294 e. The number of hydrogen-bond donors (Lipinski definition) is 0. The van der Waals surface area contributed by atoms with Crippen LogP contribution in [0.15, 0.2) is 40.4 Å². The highest BCUT2D eigenvalue weighted by Crippen LogP contribution is 2.51. The Morgan fingerprint density at radius 3 is 2.55 bits per heavy atom. The lowest BCUT2D eigenvalue weighted by Crippen LogP contribution is -2.43. The highest BCUT2D eigenvalue weighted by atomic mass is 32.2. The Hall–Kier alpha value is -2.36. The number of Topliss-reactive ketones (excluding diaryl/α,β-unsaturated/α-hetero) is 1. The van der Waals surface area contributed by atoms with Gasteiger partial charge in [-0.3, -0.25) is 14.5 Å². The van der Waals surface area contributed by atoms with E-state index in [-0.39, 0.29) is 29.4 Å². The molecule has 0 bridgehead atoms. The summed E-state index contributed by atoms with van der Waals surface area (Å²) < 4.78 is 0.